The van der Waals surface area contributed by atoms with Crippen LogP contribution in [0.25, 0.3) is 0 Å². The number of hydrogen-bond donors (Lipinski definition) is 0. The molecule has 0 aliphatic rings. The maximum atomic E-state index is 12.9. The molecule has 0 atom stereocenters. The van der Waals surface area contributed by atoms with Crippen LogP contribution in [0.5, 0.6) is 5.75 Å². The molecular weight excluding hydrogens is 218 g/mol. The van der Waals surface area contributed by atoms with Crippen molar-refractivity contribution in [3.63, 3.8) is 0 Å². The maximum absolute atomic E-state index is 12.9. The first kappa shape index (κ1) is 5.94. The van der Waals surface area contributed by atoms with E-state index in [1.807, 2.05) is 0 Å². The minimum atomic E-state index is -1.68. The smallest absolute Gasteiger partial charge is 0.200 e. The zero-order valence-corrected chi connectivity index (χ0v) is 6.86. The molecule has 0 amide bonds. The fraction of sp³-hybridized carbons (Fsp3) is 0.143. The van der Waals surface area contributed by atoms with Gasteiger partial charge in [-0.2, -0.15) is 4.39 Å². The van der Waals surface area contributed by atoms with Crippen LogP contribution in [0.4, 0.5) is 8.78 Å². The van der Waals surface area contributed by atoms with E-state index in [4.69, 9.17) is 2.74 Å². The molecule has 0 aromatic heterocycles. The predicted molar refractivity (Wildman–Crippen MR) is 40.6 cm³/mol. The van der Waals surface area contributed by atoms with E-state index in [1.165, 1.54) is 0 Å². The summed E-state index contributed by atoms with van der Waals surface area (Å²) >= 11 is 2.93. The second-order valence-electron chi connectivity index (χ2n) is 1.82. The van der Waals surface area contributed by atoms with E-state index in [9.17, 15) is 8.78 Å². The molecule has 0 saturated carbocycles. The molecule has 0 radical (unpaired) electrons. The van der Waals surface area contributed by atoms with Crippen molar-refractivity contribution >= 4 is 15.9 Å². The van der Waals surface area contributed by atoms with E-state index in [1.54, 1.807) is 0 Å². The van der Waals surface area contributed by atoms with Gasteiger partial charge in [0, 0.05) is 4.47 Å². The predicted octanol–water partition coefficient (Wildman–Crippen LogP) is 2.74. The zero-order chi connectivity index (χ0) is 10.0. The highest BCUT2D eigenvalue weighted by Crippen LogP contribution is 2.24. The average molecular weight is 225 g/mol. The lowest BCUT2D eigenvalue weighted by molar-refractivity contribution is 0.371. The summed E-state index contributed by atoms with van der Waals surface area (Å²) in [4.78, 5) is 0. The Morgan fingerprint density at radius 3 is 2.91 bits per heavy atom. The number of ether oxygens (including phenoxy) is 1. The van der Waals surface area contributed by atoms with Crippen molar-refractivity contribution in [2.45, 2.75) is 0 Å². The van der Waals surface area contributed by atoms with Gasteiger partial charge < -0.3 is 4.74 Å². The standard InChI is InChI=1S/C7H5BrF2O/c1-11-6-3-4(8)2-5(9)7(6)10/h2-3H,1H3/i1D2. The van der Waals surface area contributed by atoms with Crippen LogP contribution >= 0.6 is 15.9 Å². The number of halogens is 3. The van der Waals surface area contributed by atoms with Gasteiger partial charge in [-0.1, -0.05) is 15.9 Å². The van der Waals surface area contributed by atoms with E-state index in [2.05, 4.69) is 20.7 Å². The number of rotatable bonds is 1. The summed E-state index contributed by atoms with van der Waals surface area (Å²) in [6.07, 6.45) is 0. The van der Waals surface area contributed by atoms with Gasteiger partial charge in [0.05, 0.1) is 9.80 Å². The number of hydrogen-bond acceptors (Lipinski definition) is 1. The normalized spacial score (nSPS) is 12.7. The molecule has 0 heterocycles. The monoisotopic (exact) mass is 224 g/mol. The summed E-state index contributed by atoms with van der Waals surface area (Å²) in [6, 6.07) is 2.10. The summed E-state index contributed by atoms with van der Waals surface area (Å²) in [6.45, 7) is 0. The lowest BCUT2D eigenvalue weighted by Crippen LogP contribution is -1.91. The molecule has 11 heavy (non-hydrogen) atoms. The first-order chi connectivity index (χ1) is 6.00. The van der Waals surface area contributed by atoms with E-state index in [-0.39, 0.29) is 0 Å². The third kappa shape index (κ3) is 1.68. The van der Waals surface area contributed by atoms with Gasteiger partial charge in [-0.3, -0.25) is 0 Å². The van der Waals surface area contributed by atoms with Crippen molar-refractivity contribution in [1.82, 2.24) is 0 Å². The van der Waals surface area contributed by atoms with Crippen LogP contribution in [0.1, 0.15) is 2.74 Å². The average Bonchev–Trinajstić information content (AvgIpc) is 1.98. The van der Waals surface area contributed by atoms with E-state index < -0.39 is 24.4 Å². The highest BCUT2D eigenvalue weighted by atomic mass is 79.9. The van der Waals surface area contributed by atoms with E-state index in [0.717, 1.165) is 12.1 Å². The van der Waals surface area contributed by atoms with E-state index >= 15 is 0 Å². The lowest BCUT2D eigenvalue weighted by Gasteiger charge is -2.02. The Bertz CT molecular complexity index is 320. The van der Waals surface area contributed by atoms with Crippen LogP contribution in [0.15, 0.2) is 16.6 Å². The number of methoxy groups -OCH3 is 1. The summed E-state index contributed by atoms with van der Waals surface area (Å²) in [5, 5.41) is 0. The van der Waals surface area contributed by atoms with Crippen LogP contribution < -0.4 is 4.74 Å². The molecule has 0 N–H and O–H groups in total. The summed E-state index contributed by atoms with van der Waals surface area (Å²) in [5.74, 6) is -2.71. The quantitative estimate of drug-likeness (QED) is 0.667. The van der Waals surface area contributed by atoms with Crippen molar-refractivity contribution in [3.8, 4) is 5.75 Å². The Hall–Kier alpha value is -0.640. The highest BCUT2D eigenvalue weighted by molar-refractivity contribution is 9.10. The van der Waals surface area contributed by atoms with Gasteiger partial charge in [0.1, 0.15) is 0 Å². The summed E-state index contributed by atoms with van der Waals surface area (Å²) in [5.41, 5.74) is 0. The zero-order valence-electron chi connectivity index (χ0n) is 7.27. The Kier molecular flexibility index (Phi) is 1.71. The molecule has 0 spiro atoms. The topological polar surface area (TPSA) is 9.23 Å². The highest BCUT2D eigenvalue weighted by Gasteiger charge is 2.09. The fourth-order valence-electron chi connectivity index (χ4n) is 0.618. The summed E-state index contributed by atoms with van der Waals surface area (Å²) in [7, 11) is -1.68. The molecule has 0 unspecified atom stereocenters. The van der Waals surface area contributed by atoms with Crippen LogP contribution in [-0.4, -0.2) is 7.06 Å². The van der Waals surface area contributed by atoms with Crippen molar-refractivity contribution < 1.29 is 16.3 Å². The van der Waals surface area contributed by atoms with Crippen molar-refractivity contribution in [2.24, 2.45) is 0 Å². The second-order valence-corrected chi connectivity index (χ2v) is 2.73. The van der Waals surface area contributed by atoms with Gasteiger partial charge in [0.15, 0.2) is 11.6 Å². The molecule has 0 aliphatic heterocycles. The number of benzene rings is 1. The Morgan fingerprint density at radius 2 is 2.27 bits per heavy atom. The fourth-order valence-corrected chi connectivity index (χ4v) is 1.03. The minimum absolute atomic E-state index is 0.294. The molecule has 4 heteroatoms. The largest absolute Gasteiger partial charge is 0.494 e. The van der Waals surface area contributed by atoms with Gasteiger partial charge in [0.2, 0.25) is 5.82 Å². The van der Waals surface area contributed by atoms with E-state index in [0.29, 0.717) is 4.47 Å². The first-order valence-electron chi connectivity index (χ1n) is 3.82. The molecule has 1 aromatic carbocycles. The second kappa shape index (κ2) is 3.17. The molecule has 1 aromatic rings. The van der Waals surface area contributed by atoms with Crippen LogP contribution in [0, 0.1) is 11.6 Å². The van der Waals surface area contributed by atoms with Crippen molar-refractivity contribution in [2.75, 3.05) is 7.06 Å². The third-order valence-electron chi connectivity index (χ3n) is 1.09. The Balaban J connectivity index is 3.05. The lowest BCUT2D eigenvalue weighted by atomic mass is 10.3. The van der Waals surface area contributed by atoms with Gasteiger partial charge in [-0.15, -0.1) is 0 Å². The van der Waals surface area contributed by atoms with Crippen LogP contribution in [0.3, 0.4) is 0 Å². The molecule has 1 rings (SSSR count). The molecule has 0 aliphatic carbocycles. The first-order valence-corrected chi connectivity index (χ1v) is 3.45. The Morgan fingerprint density at radius 1 is 1.55 bits per heavy atom. The summed E-state index contributed by atoms with van der Waals surface area (Å²) < 4.78 is 43.6. The molecule has 0 bridgehead atoms. The molecular formula is C7H5BrF2O. The SMILES string of the molecule is [2H]C([2H])Oc1cc(Br)cc(F)c1F. The van der Waals surface area contributed by atoms with Gasteiger partial charge >= 0.3 is 0 Å². The van der Waals surface area contributed by atoms with Gasteiger partial charge in [-0.05, 0) is 12.1 Å². The minimum Gasteiger partial charge on any atom is -0.494 e. The van der Waals surface area contributed by atoms with Gasteiger partial charge in [0.25, 0.3) is 0 Å². The molecule has 1 nitrogen and oxygen atoms in total. The Labute approximate surface area is 73.9 Å². The molecule has 0 fully saturated rings. The van der Waals surface area contributed by atoms with Gasteiger partial charge in [-0.25, -0.2) is 4.39 Å². The van der Waals surface area contributed by atoms with Crippen LogP contribution in [-0.2, 0) is 0 Å². The molecule has 60 valence electrons. The van der Waals surface area contributed by atoms with Crippen molar-refractivity contribution in [1.29, 1.82) is 0 Å². The van der Waals surface area contributed by atoms with Crippen molar-refractivity contribution in [3.05, 3.63) is 28.2 Å². The van der Waals surface area contributed by atoms with Crippen LogP contribution in [0.2, 0.25) is 0 Å². The maximum Gasteiger partial charge on any atom is 0.200 e. The molecule has 0 saturated heterocycles. The third-order valence-corrected chi connectivity index (χ3v) is 1.54.